The van der Waals surface area contributed by atoms with E-state index >= 15 is 0 Å². The van der Waals surface area contributed by atoms with Gasteiger partial charge in [-0.1, -0.05) is 41.9 Å². The van der Waals surface area contributed by atoms with Crippen molar-refractivity contribution in [2.75, 3.05) is 0 Å². The summed E-state index contributed by atoms with van der Waals surface area (Å²) in [6.45, 7) is 1.91. The summed E-state index contributed by atoms with van der Waals surface area (Å²) in [4.78, 5) is 24.5. The van der Waals surface area contributed by atoms with E-state index in [9.17, 15) is 9.59 Å². The molecule has 0 bridgehead atoms. The van der Waals surface area contributed by atoms with Crippen molar-refractivity contribution >= 4 is 34.3 Å². The lowest BCUT2D eigenvalue weighted by molar-refractivity contribution is -0.121. The van der Waals surface area contributed by atoms with E-state index in [4.69, 9.17) is 11.6 Å². The normalized spacial score (nSPS) is 12.1. The van der Waals surface area contributed by atoms with E-state index in [1.54, 1.807) is 18.3 Å². The van der Waals surface area contributed by atoms with Crippen LogP contribution in [-0.2, 0) is 4.79 Å². The van der Waals surface area contributed by atoms with Crippen LogP contribution < -0.4 is 5.32 Å². The second kappa shape index (κ2) is 7.49. The number of nitrogens with one attached hydrogen (secondary N) is 1. The highest BCUT2D eigenvalue weighted by atomic mass is 35.5. The molecule has 0 spiro atoms. The van der Waals surface area contributed by atoms with E-state index < -0.39 is 0 Å². The summed E-state index contributed by atoms with van der Waals surface area (Å²) in [7, 11) is 0. The van der Waals surface area contributed by atoms with Gasteiger partial charge >= 0.3 is 0 Å². The third kappa shape index (κ3) is 4.06. The van der Waals surface area contributed by atoms with Gasteiger partial charge in [-0.15, -0.1) is 0 Å². The first kappa shape index (κ1) is 17.2. The maximum Gasteiger partial charge on any atom is 0.247 e. The van der Waals surface area contributed by atoms with Gasteiger partial charge in [0, 0.05) is 23.3 Å². The number of carbonyl (C=O) groups excluding carboxylic acids is 2. The fourth-order valence-electron chi connectivity index (χ4n) is 2.66. The van der Waals surface area contributed by atoms with E-state index in [-0.39, 0.29) is 30.7 Å². The molecule has 0 aliphatic heterocycles. The minimum absolute atomic E-state index is 0.0800. The van der Waals surface area contributed by atoms with Gasteiger partial charge in [0.25, 0.3) is 0 Å². The molecule has 0 radical (unpaired) electrons. The summed E-state index contributed by atoms with van der Waals surface area (Å²) in [6, 6.07) is 14.8. The Kier molecular flexibility index (Phi) is 5.14. The zero-order chi connectivity index (χ0) is 17.8. The molecule has 0 saturated heterocycles. The molecule has 25 heavy (non-hydrogen) atoms. The zero-order valence-corrected chi connectivity index (χ0v) is 14.5. The number of nitrogens with zero attached hydrogens (tertiary/aromatic N) is 2. The second-order valence-electron chi connectivity index (χ2n) is 5.85. The molecule has 1 heterocycles. The first-order valence-corrected chi connectivity index (χ1v) is 8.43. The summed E-state index contributed by atoms with van der Waals surface area (Å²) in [5.41, 5.74) is 1.67. The summed E-state index contributed by atoms with van der Waals surface area (Å²) in [5.74, 6) is -0.404. The SMILES string of the molecule is CC(NC(=O)CCC(=O)n1ncc2ccc(Cl)cc21)c1ccccc1. The van der Waals surface area contributed by atoms with E-state index in [1.165, 1.54) is 4.68 Å². The summed E-state index contributed by atoms with van der Waals surface area (Å²) in [5, 5.41) is 8.37. The number of halogens is 1. The number of rotatable bonds is 5. The Morgan fingerprint density at radius 2 is 1.92 bits per heavy atom. The lowest BCUT2D eigenvalue weighted by Gasteiger charge is -2.14. The fourth-order valence-corrected chi connectivity index (χ4v) is 2.82. The summed E-state index contributed by atoms with van der Waals surface area (Å²) >= 11 is 5.98. The Balaban J connectivity index is 1.60. The lowest BCUT2D eigenvalue weighted by Crippen LogP contribution is -2.27. The van der Waals surface area contributed by atoms with Crippen molar-refractivity contribution in [2.24, 2.45) is 0 Å². The highest BCUT2D eigenvalue weighted by Gasteiger charge is 2.14. The number of aromatic nitrogens is 2. The Labute approximate surface area is 150 Å². The van der Waals surface area contributed by atoms with E-state index in [2.05, 4.69) is 10.4 Å². The van der Waals surface area contributed by atoms with Crippen LogP contribution in [-0.4, -0.2) is 21.6 Å². The second-order valence-corrected chi connectivity index (χ2v) is 6.29. The zero-order valence-electron chi connectivity index (χ0n) is 13.8. The van der Waals surface area contributed by atoms with E-state index in [1.807, 2.05) is 43.3 Å². The van der Waals surface area contributed by atoms with E-state index in [0.717, 1.165) is 10.9 Å². The molecule has 3 aromatic rings. The number of benzene rings is 2. The first-order valence-electron chi connectivity index (χ1n) is 8.05. The molecule has 0 aliphatic carbocycles. The maximum atomic E-state index is 12.4. The van der Waals surface area contributed by atoms with Gasteiger partial charge in [0.1, 0.15) is 0 Å². The molecule has 1 amide bonds. The molecular formula is C19H18ClN3O2. The average Bonchev–Trinajstić information content (AvgIpc) is 3.03. The molecule has 0 fully saturated rings. The molecule has 128 valence electrons. The Bertz CT molecular complexity index is 905. The monoisotopic (exact) mass is 355 g/mol. The third-order valence-electron chi connectivity index (χ3n) is 4.01. The fraction of sp³-hybridized carbons (Fsp3) is 0.211. The summed E-state index contributed by atoms with van der Waals surface area (Å²) < 4.78 is 1.30. The van der Waals surface area contributed by atoms with Gasteiger partial charge < -0.3 is 5.32 Å². The van der Waals surface area contributed by atoms with Crippen LogP contribution in [0.3, 0.4) is 0 Å². The van der Waals surface area contributed by atoms with Crippen molar-refractivity contribution in [3.63, 3.8) is 0 Å². The highest BCUT2D eigenvalue weighted by molar-refractivity contribution is 6.31. The molecule has 2 aromatic carbocycles. The molecule has 3 rings (SSSR count). The molecule has 1 N–H and O–H groups in total. The average molecular weight is 356 g/mol. The van der Waals surface area contributed by atoms with Gasteiger partial charge in [0.05, 0.1) is 17.8 Å². The quantitative estimate of drug-likeness (QED) is 0.752. The number of hydrogen-bond acceptors (Lipinski definition) is 3. The minimum atomic E-state index is -0.236. The minimum Gasteiger partial charge on any atom is -0.350 e. The van der Waals surface area contributed by atoms with Crippen LogP contribution in [0.15, 0.2) is 54.7 Å². The highest BCUT2D eigenvalue weighted by Crippen LogP contribution is 2.19. The molecule has 1 unspecified atom stereocenters. The molecular weight excluding hydrogens is 338 g/mol. The third-order valence-corrected chi connectivity index (χ3v) is 4.25. The first-order chi connectivity index (χ1) is 12.0. The van der Waals surface area contributed by atoms with Gasteiger partial charge in [-0.3, -0.25) is 9.59 Å². The van der Waals surface area contributed by atoms with Crippen molar-refractivity contribution in [3.05, 3.63) is 65.3 Å². The van der Waals surface area contributed by atoms with Crippen molar-refractivity contribution in [2.45, 2.75) is 25.8 Å². The Hall–Kier alpha value is -2.66. The summed E-state index contributed by atoms with van der Waals surface area (Å²) in [6.07, 6.45) is 1.80. The van der Waals surface area contributed by atoms with Gasteiger partial charge in [0.2, 0.25) is 11.8 Å². The lowest BCUT2D eigenvalue weighted by atomic mass is 10.1. The number of hydrogen-bond donors (Lipinski definition) is 1. The van der Waals surface area contributed by atoms with Crippen LogP contribution in [0.4, 0.5) is 0 Å². The Morgan fingerprint density at radius 3 is 2.68 bits per heavy atom. The predicted octanol–water partition coefficient (Wildman–Crippen LogP) is 3.99. The number of amides is 1. The van der Waals surface area contributed by atoms with Crippen LogP contribution in [0.25, 0.3) is 10.9 Å². The Morgan fingerprint density at radius 1 is 1.16 bits per heavy atom. The number of fused-ring (bicyclic) bond motifs is 1. The van der Waals surface area contributed by atoms with Crippen LogP contribution in [0.5, 0.6) is 0 Å². The number of carbonyl (C=O) groups is 2. The topological polar surface area (TPSA) is 64.0 Å². The van der Waals surface area contributed by atoms with Crippen molar-refractivity contribution in [3.8, 4) is 0 Å². The van der Waals surface area contributed by atoms with Crippen molar-refractivity contribution < 1.29 is 9.59 Å². The van der Waals surface area contributed by atoms with Gasteiger partial charge in [-0.25, -0.2) is 4.68 Å². The van der Waals surface area contributed by atoms with Crippen LogP contribution in [0, 0.1) is 0 Å². The van der Waals surface area contributed by atoms with Gasteiger partial charge in [-0.2, -0.15) is 5.10 Å². The van der Waals surface area contributed by atoms with Gasteiger partial charge in [0.15, 0.2) is 0 Å². The van der Waals surface area contributed by atoms with Crippen LogP contribution >= 0.6 is 11.6 Å². The largest absolute Gasteiger partial charge is 0.350 e. The van der Waals surface area contributed by atoms with Crippen molar-refractivity contribution in [1.29, 1.82) is 0 Å². The van der Waals surface area contributed by atoms with Crippen LogP contribution in [0.2, 0.25) is 5.02 Å². The van der Waals surface area contributed by atoms with Crippen LogP contribution in [0.1, 0.15) is 36.2 Å². The molecule has 1 atom stereocenters. The van der Waals surface area contributed by atoms with Gasteiger partial charge in [-0.05, 0) is 30.7 Å². The molecule has 0 saturated carbocycles. The molecule has 1 aromatic heterocycles. The smallest absolute Gasteiger partial charge is 0.247 e. The standard InChI is InChI=1S/C19H18ClN3O2/c1-13(14-5-3-2-4-6-14)22-18(24)9-10-19(25)23-17-11-16(20)8-7-15(17)12-21-23/h2-8,11-13H,9-10H2,1H3,(H,22,24). The molecule has 5 nitrogen and oxygen atoms in total. The molecule has 6 heteroatoms. The van der Waals surface area contributed by atoms with Crippen molar-refractivity contribution in [1.82, 2.24) is 15.1 Å². The maximum absolute atomic E-state index is 12.4. The van der Waals surface area contributed by atoms with E-state index in [0.29, 0.717) is 10.5 Å². The molecule has 0 aliphatic rings. The predicted molar refractivity (Wildman–Crippen MR) is 97.6 cm³/mol.